The predicted molar refractivity (Wildman–Crippen MR) is 132 cm³/mol. The van der Waals surface area contributed by atoms with E-state index in [0.717, 1.165) is 16.7 Å². The van der Waals surface area contributed by atoms with Crippen LogP contribution in [-0.2, 0) is 18.7 Å². The van der Waals surface area contributed by atoms with Crippen molar-refractivity contribution in [2.24, 2.45) is 0 Å². The Morgan fingerprint density at radius 1 is 1.21 bits per heavy atom. The largest absolute Gasteiger partial charge is 0.458 e. The minimum atomic E-state index is -2.87. The van der Waals surface area contributed by atoms with Crippen LogP contribution >= 0.6 is 0 Å². The average Bonchev–Trinajstić information content (AvgIpc) is 3.11. The van der Waals surface area contributed by atoms with Gasteiger partial charge in [0, 0.05) is 13.3 Å². The highest BCUT2D eigenvalue weighted by molar-refractivity contribution is 6.99. The summed E-state index contributed by atoms with van der Waals surface area (Å²) in [6.45, 7) is 7.94. The van der Waals surface area contributed by atoms with Gasteiger partial charge in [0.2, 0.25) is 0 Å². The van der Waals surface area contributed by atoms with Crippen LogP contribution in [0.1, 0.15) is 34.1 Å². The Labute approximate surface area is 197 Å². The van der Waals surface area contributed by atoms with Crippen LogP contribution in [0.15, 0.2) is 60.7 Å². The van der Waals surface area contributed by atoms with E-state index in [1.165, 1.54) is 6.92 Å². The van der Waals surface area contributed by atoms with Gasteiger partial charge in [0.15, 0.2) is 5.60 Å². The number of carbonyl (C=O) groups excluding carboxylic acids is 1. The maximum absolute atomic E-state index is 11.8. The van der Waals surface area contributed by atoms with Crippen molar-refractivity contribution >= 4 is 31.0 Å². The monoisotopic (exact) mass is 464 g/mol. The van der Waals surface area contributed by atoms with Crippen molar-refractivity contribution in [3.05, 3.63) is 60.7 Å². The summed E-state index contributed by atoms with van der Waals surface area (Å²) in [7, 11) is -2.87. The summed E-state index contributed by atoms with van der Waals surface area (Å²) < 4.78 is 18.7. The van der Waals surface area contributed by atoms with Gasteiger partial charge in [-0.3, -0.25) is 10.2 Å². The van der Waals surface area contributed by atoms with Gasteiger partial charge in [-0.1, -0.05) is 87.4 Å². The number of ether oxygens (including phenoxy) is 2. The summed E-state index contributed by atoms with van der Waals surface area (Å²) in [6, 6.07) is 20.5. The fraction of sp³-hybridized carbons (Fsp3) is 0.385. The second-order valence-corrected chi connectivity index (χ2v) is 13.5. The van der Waals surface area contributed by atoms with Crippen LogP contribution in [0.4, 0.5) is 0 Å². The number of terminal acetylenes is 1. The van der Waals surface area contributed by atoms with E-state index in [0.29, 0.717) is 6.42 Å². The molecule has 0 radical (unpaired) electrons. The molecule has 1 saturated heterocycles. The first-order valence-corrected chi connectivity index (χ1v) is 12.9. The molecule has 2 aromatic carbocycles. The van der Waals surface area contributed by atoms with Crippen LogP contribution in [0, 0.1) is 17.8 Å². The predicted octanol–water partition coefficient (Wildman–Crippen LogP) is 2.81. The zero-order valence-electron chi connectivity index (χ0n) is 19.6. The molecule has 174 valence electrons. The zero-order valence-corrected chi connectivity index (χ0v) is 20.6. The molecular weight excluding hydrogens is 432 g/mol. The van der Waals surface area contributed by atoms with Gasteiger partial charge in [-0.05, 0) is 15.4 Å². The molecule has 0 spiro atoms. The third-order valence-corrected chi connectivity index (χ3v) is 11.0. The van der Waals surface area contributed by atoms with Gasteiger partial charge in [-0.2, -0.15) is 0 Å². The smallest absolute Gasteiger partial charge is 0.303 e. The molecule has 6 nitrogen and oxygen atoms in total. The van der Waals surface area contributed by atoms with E-state index in [4.69, 9.17) is 25.7 Å². The lowest BCUT2D eigenvalue weighted by molar-refractivity contribution is -0.154. The molecule has 3 atom stereocenters. The molecule has 7 heteroatoms. The summed E-state index contributed by atoms with van der Waals surface area (Å²) in [5.74, 6) is 2.29. The van der Waals surface area contributed by atoms with Gasteiger partial charge in [-0.25, -0.2) is 0 Å². The summed E-state index contributed by atoms with van der Waals surface area (Å²) in [4.78, 5) is 11.8. The van der Waals surface area contributed by atoms with E-state index in [9.17, 15) is 4.79 Å². The van der Waals surface area contributed by atoms with Gasteiger partial charge >= 0.3 is 5.97 Å². The number of hydrogen-bond donors (Lipinski definition) is 2. The Balaban J connectivity index is 2.08. The zero-order chi connectivity index (χ0) is 24.1. The van der Waals surface area contributed by atoms with Crippen LogP contribution in [0.5, 0.6) is 0 Å². The highest BCUT2D eigenvalue weighted by Crippen LogP contribution is 2.39. The summed E-state index contributed by atoms with van der Waals surface area (Å²) in [5, 5.41) is 12.2. The Morgan fingerprint density at radius 2 is 1.76 bits per heavy atom. The molecule has 2 aromatic rings. The number of benzene rings is 2. The van der Waals surface area contributed by atoms with Gasteiger partial charge in [0.25, 0.3) is 8.32 Å². The third kappa shape index (κ3) is 4.88. The highest BCUT2D eigenvalue weighted by Gasteiger charge is 2.55. The van der Waals surface area contributed by atoms with Gasteiger partial charge < -0.3 is 19.2 Å². The minimum Gasteiger partial charge on any atom is -0.458 e. The van der Waals surface area contributed by atoms with E-state index in [1.54, 1.807) is 0 Å². The fourth-order valence-corrected chi connectivity index (χ4v) is 9.16. The number of rotatable bonds is 8. The molecule has 1 aliphatic rings. The second kappa shape index (κ2) is 9.92. The fourth-order valence-electron chi connectivity index (χ4n) is 4.57. The first-order chi connectivity index (χ1) is 15.7. The maximum Gasteiger partial charge on any atom is 0.303 e. The Morgan fingerprint density at radius 3 is 2.18 bits per heavy atom. The lowest BCUT2D eigenvalue weighted by Gasteiger charge is -2.44. The first kappa shape index (κ1) is 24.7. The van der Waals surface area contributed by atoms with E-state index in [2.05, 4.69) is 56.3 Å². The maximum atomic E-state index is 11.8. The van der Waals surface area contributed by atoms with E-state index in [1.807, 2.05) is 36.4 Å². The summed E-state index contributed by atoms with van der Waals surface area (Å²) >= 11 is 0. The number of nitrogens with one attached hydrogen (secondary N) is 2. The molecule has 2 N–H and O–H groups in total. The molecule has 1 aliphatic heterocycles. The highest BCUT2D eigenvalue weighted by atomic mass is 28.4. The van der Waals surface area contributed by atoms with Crippen molar-refractivity contribution in [1.29, 1.82) is 5.41 Å². The first-order valence-electron chi connectivity index (χ1n) is 11.0. The molecule has 0 aromatic heterocycles. The molecular formula is C26H32N2O4Si. The molecule has 0 aliphatic carbocycles. The molecule has 1 heterocycles. The quantitative estimate of drug-likeness (QED) is 0.206. The van der Waals surface area contributed by atoms with Crippen LogP contribution in [0.3, 0.4) is 0 Å². The Bertz CT molecular complexity index is 961. The van der Waals surface area contributed by atoms with Gasteiger partial charge in [0.1, 0.15) is 12.3 Å². The standard InChI is InChI=1S/C26H32N2O4Si/c1-6-26(23(31-20(2)29)17-24(32-26)28-19-27)18-30-33(25(3,4)5,21-13-9-7-10-14-21)22-15-11-8-12-16-22/h1,7-16,19,23-24H,17-18H2,2-5H3,(H2,27,28)/t23-,24+,26+/m0/s1. The van der Waals surface area contributed by atoms with Crippen molar-refractivity contribution in [3.63, 3.8) is 0 Å². The van der Waals surface area contributed by atoms with Crippen molar-refractivity contribution in [3.8, 4) is 12.3 Å². The van der Waals surface area contributed by atoms with Crippen molar-refractivity contribution in [2.45, 2.75) is 57.1 Å². The number of carbonyl (C=O) groups is 1. The normalized spacial score (nSPS) is 22.9. The third-order valence-electron chi connectivity index (χ3n) is 6.04. The van der Waals surface area contributed by atoms with E-state index >= 15 is 0 Å². The van der Waals surface area contributed by atoms with Crippen LogP contribution in [0.25, 0.3) is 0 Å². The molecule has 1 fully saturated rings. The molecule has 0 amide bonds. The number of hydrogen-bond acceptors (Lipinski definition) is 5. The van der Waals surface area contributed by atoms with Crippen molar-refractivity contribution in [1.82, 2.24) is 5.32 Å². The van der Waals surface area contributed by atoms with E-state index in [-0.39, 0.29) is 11.6 Å². The lowest BCUT2D eigenvalue weighted by Crippen LogP contribution is -2.68. The van der Waals surface area contributed by atoms with Crippen LogP contribution in [-0.4, -0.2) is 45.2 Å². The molecule has 0 saturated carbocycles. The number of esters is 1. The molecule has 3 rings (SSSR count). The van der Waals surface area contributed by atoms with Crippen LogP contribution in [0.2, 0.25) is 5.04 Å². The van der Waals surface area contributed by atoms with Gasteiger partial charge in [0.05, 0.1) is 12.9 Å². The molecule has 0 unspecified atom stereocenters. The average molecular weight is 465 g/mol. The van der Waals surface area contributed by atoms with Gasteiger partial charge in [-0.15, -0.1) is 6.42 Å². The van der Waals surface area contributed by atoms with Crippen molar-refractivity contribution < 1.29 is 18.7 Å². The molecule has 0 bridgehead atoms. The lowest BCUT2D eigenvalue weighted by atomic mass is 9.98. The molecule has 33 heavy (non-hydrogen) atoms. The summed E-state index contributed by atoms with van der Waals surface area (Å²) in [6.07, 6.45) is 6.11. The SMILES string of the molecule is C#C[C@]1(CO[Si](c2ccccc2)(c2ccccc2)C(C)(C)C)O[C@@H](NC=N)C[C@@H]1OC(C)=O. The van der Waals surface area contributed by atoms with Crippen LogP contribution < -0.4 is 15.7 Å². The Hall–Kier alpha value is -2.92. The topological polar surface area (TPSA) is 80.6 Å². The Kier molecular flexibility index (Phi) is 7.43. The second-order valence-electron chi connectivity index (χ2n) is 9.24. The van der Waals surface area contributed by atoms with Crippen molar-refractivity contribution in [2.75, 3.05) is 6.61 Å². The summed E-state index contributed by atoms with van der Waals surface area (Å²) in [5.41, 5.74) is -1.28. The minimum absolute atomic E-state index is 0.0465. The van der Waals surface area contributed by atoms with E-state index < -0.39 is 32.2 Å².